The van der Waals surface area contributed by atoms with Gasteiger partial charge in [-0.05, 0) is 43.3 Å². The van der Waals surface area contributed by atoms with E-state index in [-0.39, 0.29) is 28.5 Å². The van der Waals surface area contributed by atoms with Gasteiger partial charge in [-0.1, -0.05) is 17.7 Å². The van der Waals surface area contributed by atoms with E-state index in [0.717, 1.165) is 11.3 Å². The van der Waals surface area contributed by atoms with Crippen LogP contribution >= 0.6 is 11.3 Å². The number of benzene rings is 2. The minimum atomic E-state index is -3.76. The molecule has 2 heterocycles. The number of hydrogen-bond acceptors (Lipinski definition) is 6. The molecule has 0 bridgehead atoms. The van der Waals surface area contributed by atoms with E-state index < -0.39 is 10.0 Å². The molecule has 166 valence electrons. The van der Waals surface area contributed by atoms with Crippen LogP contribution in [0.15, 0.2) is 65.0 Å². The molecule has 0 atom stereocenters. The molecule has 3 amide bonds. The lowest BCUT2D eigenvalue weighted by Crippen LogP contribution is -2.37. The number of aromatic nitrogens is 1. The Morgan fingerprint density at radius 1 is 1.09 bits per heavy atom. The van der Waals surface area contributed by atoms with Crippen LogP contribution in [0.25, 0.3) is 0 Å². The van der Waals surface area contributed by atoms with Crippen molar-refractivity contribution in [1.82, 2.24) is 9.88 Å². The first-order chi connectivity index (χ1) is 15.3. The van der Waals surface area contributed by atoms with Gasteiger partial charge >= 0.3 is 6.03 Å². The highest BCUT2D eigenvalue weighted by atomic mass is 32.2. The zero-order valence-corrected chi connectivity index (χ0v) is 18.8. The summed E-state index contributed by atoms with van der Waals surface area (Å²) in [6.07, 6.45) is 1.51. The number of rotatable bonds is 7. The van der Waals surface area contributed by atoms with E-state index in [1.54, 1.807) is 10.3 Å². The number of hydrogen-bond donors (Lipinski definition) is 2. The Balaban J connectivity index is 1.34. The van der Waals surface area contributed by atoms with E-state index in [0.29, 0.717) is 18.8 Å². The summed E-state index contributed by atoms with van der Waals surface area (Å²) in [5.41, 5.74) is 2.34. The molecular formula is C21H21N5O4S2. The van der Waals surface area contributed by atoms with Gasteiger partial charge in [0.05, 0.1) is 4.90 Å². The second-order valence-corrected chi connectivity index (χ2v) is 9.78. The van der Waals surface area contributed by atoms with Gasteiger partial charge in [0, 0.05) is 36.0 Å². The Labute approximate surface area is 189 Å². The van der Waals surface area contributed by atoms with E-state index in [9.17, 15) is 18.0 Å². The number of anilines is 3. The van der Waals surface area contributed by atoms with Gasteiger partial charge in [0.25, 0.3) is 10.0 Å². The summed E-state index contributed by atoms with van der Waals surface area (Å²) >= 11 is 1.18. The number of carbonyl (C=O) groups is 2. The molecule has 0 unspecified atom stereocenters. The molecule has 1 aromatic heterocycles. The topological polar surface area (TPSA) is 112 Å². The van der Waals surface area contributed by atoms with Crippen LogP contribution in [0.2, 0.25) is 0 Å². The summed E-state index contributed by atoms with van der Waals surface area (Å²) in [7, 11) is -3.76. The molecule has 1 aliphatic rings. The molecule has 4 rings (SSSR count). The van der Waals surface area contributed by atoms with E-state index in [2.05, 4.69) is 15.0 Å². The van der Waals surface area contributed by atoms with Crippen LogP contribution in [0.4, 0.5) is 21.3 Å². The highest BCUT2D eigenvalue weighted by Gasteiger charge is 2.30. The Morgan fingerprint density at radius 3 is 2.47 bits per heavy atom. The highest BCUT2D eigenvalue weighted by molar-refractivity contribution is 7.93. The molecule has 1 saturated heterocycles. The fraction of sp³-hybridized carbons (Fsp3) is 0.190. The van der Waals surface area contributed by atoms with E-state index in [1.807, 2.05) is 31.2 Å². The molecule has 32 heavy (non-hydrogen) atoms. The normalized spacial score (nSPS) is 14.0. The number of thiazole rings is 1. The molecule has 2 aromatic carbocycles. The Kier molecular flexibility index (Phi) is 6.10. The van der Waals surface area contributed by atoms with Crippen LogP contribution in [0.5, 0.6) is 0 Å². The monoisotopic (exact) mass is 471 g/mol. The largest absolute Gasteiger partial charge is 0.325 e. The van der Waals surface area contributed by atoms with Crippen molar-refractivity contribution in [3.8, 4) is 0 Å². The van der Waals surface area contributed by atoms with E-state index in [1.165, 1.54) is 46.7 Å². The lowest BCUT2D eigenvalue weighted by molar-refractivity contribution is -0.116. The summed E-state index contributed by atoms with van der Waals surface area (Å²) in [4.78, 5) is 32.2. The molecule has 3 aromatic rings. The van der Waals surface area contributed by atoms with Crippen molar-refractivity contribution in [2.75, 3.05) is 34.6 Å². The number of urea groups is 1. The second-order valence-electron chi connectivity index (χ2n) is 7.21. The summed E-state index contributed by atoms with van der Waals surface area (Å²) in [5, 5.41) is 4.64. The fourth-order valence-electron chi connectivity index (χ4n) is 3.23. The third kappa shape index (κ3) is 4.89. The molecule has 0 aliphatic carbocycles. The van der Waals surface area contributed by atoms with Crippen molar-refractivity contribution in [3.63, 3.8) is 0 Å². The van der Waals surface area contributed by atoms with Crippen molar-refractivity contribution < 1.29 is 18.0 Å². The van der Waals surface area contributed by atoms with Gasteiger partial charge in [0.2, 0.25) is 5.91 Å². The SMILES string of the molecule is Cc1ccc(N2CCN(CC(=O)Nc3ccc(S(=O)(=O)Nc4nccs4)cc3)C2=O)cc1. The quantitative estimate of drug-likeness (QED) is 0.550. The first-order valence-electron chi connectivity index (χ1n) is 9.77. The predicted molar refractivity (Wildman–Crippen MR) is 123 cm³/mol. The smallest absolute Gasteiger partial charge is 0.325 e. The Morgan fingerprint density at radius 2 is 1.81 bits per heavy atom. The second kappa shape index (κ2) is 8.97. The average molecular weight is 472 g/mol. The third-order valence-corrected chi connectivity index (χ3v) is 7.05. The maximum Gasteiger partial charge on any atom is 0.325 e. The van der Waals surface area contributed by atoms with Crippen molar-refractivity contribution in [2.45, 2.75) is 11.8 Å². The number of carbonyl (C=O) groups excluding carboxylic acids is 2. The third-order valence-electron chi connectivity index (χ3n) is 4.88. The molecule has 0 spiro atoms. The Hall–Kier alpha value is -3.44. The maximum absolute atomic E-state index is 12.7. The van der Waals surface area contributed by atoms with Crippen molar-refractivity contribution in [1.29, 1.82) is 0 Å². The average Bonchev–Trinajstić information content (AvgIpc) is 3.39. The van der Waals surface area contributed by atoms with Crippen LogP contribution in [-0.2, 0) is 14.8 Å². The van der Waals surface area contributed by atoms with Gasteiger partial charge in [0.15, 0.2) is 5.13 Å². The van der Waals surface area contributed by atoms with E-state index in [4.69, 9.17) is 0 Å². The first kappa shape index (κ1) is 21.8. The number of amides is 3. The van der Waals surface area contributed by atoms with Crippen molar-refractivity contribution in [2.24, 2.45) is 0 Å². The molecule has 1 fully saturated rings. The van der Waals surface area contributed by atoms with Crippen molar-refractivity contribution in [3.05, 3.63) is 65.7 Å². The van der Waals surface area contributed by atoms with Gasteiger partial charge in [-0.3, -0.25) is 14.4 Å². The zero-order chi connectivity index (χ0) is 22.7. The number of nitrogens with one attached hydrogen (secondary N) is 2. The minimum Gasteiger partial charge on any atom is -0.325 e. The van der Waals surface area contributed by atoms with Crippen LogP contribution in [0, 0.1) is 6.92 Å². The highest BCUT2D eigenvalue weighted by Crippen LogP contribution is 2.22. The van der Waals surface area contributed by atoms with Crippen LogP contribution in [-0.4, -0.2) is 49.9 Å². The minimum absolute atomic E-state index is 0.0501. The lowest BCUT2D eigenvalue weighted by Gasteiger charge is -2.18. The number of sulfonamides is 1. The van der Waals surface area contributed by atoms with Gasteiger partial charge in [0.1, 0.15) is 6.54 Å². The maximum atomic E-state index is 12.7. The fourth-order valence-corrected chi connectivity index (χ4v) is 5.02. The van der Waals surface area contributed by atoms with Gasteiger partial charge < -0.3 is 10.2 Å². The van der Waals surface area contributed by atoms with Gasteiger partial charge in [-0.25, -0.2) is 18.2 Å². The molecule has 2 N–H and O–H groups in total. The molecule has 1 aliphatic heterocycles. The molecule has 11 heteroatoms. The molecule has 9 nitrogen and oxygen atoms in total. The summed E-state index contributed by atoms with van der Waals surface area (Å²) < 4.78 is 27.2. The summed E-state index contributed by atoms with van der Waals surface area (Å²) in [6.45, 7) is 2.84. The predicted octanol–water partition coefficient (Wildman–Crippen LogP) is 3.13. The summed E-state index contributed by atoms with van der Waals surface area (Å²) in [5.74, 6) is -0.361. The number of nitrogens with zero attached hydrogens (tertiary/aromatic N) is 3. The van der Waals surface area contributed by atoms with Crippen LogP contribution in [0.3, 0.4) is 0 Å². The standard InChI is InChI=1S/C21H21N5O4S2/c1-15-2-6-17(7-3-15)26-12-11-25(21(26)28)14-19(27)23-16-4-8-18(9-5-16)32(29,30)24-20-22-10-13-31-20/h2-10,13H,11-12,14H2,1H3,(H,22,24)(H,23,27). The number of aryl methyl sites for hydroxylation is 1. The van der Waals surface area contributed by atoms with Gasteiger partial charge in [-0.15, -0.1) is 11.3 Å². The molecule has 0 saturated carbocycles. The van der Waals surface area contributed by atoms with E-state index >= 15 is 0 Å². The van der Waals surface area contributed by atoms with Gasteiger partial charge in [-0.2, -0.15) is 0 Å². The summed E-state index contributed by atoms with van der Waals surface area (Å²) in [6, 6.07) is 13.2. The zero-order valence-electron chi connectivity index (χ0n) is 17.2. The molecule has 0 radical (unpaired) electrons. The molecular weight excluding hydrogens is 450 g/mol. The van der Waals surface area contributed by atoms with Crippen molar-refractivity contribution >= 4 is 49.8 Å². The Bertz CT molecular complexity index is 1210. The van der Waals surface area contributed by atoms with Crippen LogP contribution in [0.1, 0.15) is 5.56 Å². The first-order valence-corrected chi connectivity index (χ1v) is 12.1. The lowest BCUT2D eigenvalue weighted by atomic mass is 10.2. The van der Waals surface area contributed by atoms with Crippen LogP contribution < -0.4 is 14.9 Å².